The summed E-state index contributed by atoms with van der Waals surface area (Å²) in [5.41, 5.74) is 2.61. The maximum absolute atomic E-state index is 11.4. The number of aliphatic hydroxyl groups is 1. The number of aliphatic hydroxyl groups excluding tert-OH is 1. The van der Waals surface area contributed by atoms with Crippen LogP contribution in [0.1, 0.15) is 47.5 Å². The molecule has 1 amide bonds. The molecule has 124 valence electrons. The van der Waals surface area contributed by atoms with Crippen molar-refractivity contribution in [2.24, 2.45) is 0 Å². The molecule has 0 bridgehead atoms. The van der Waals surface area contributed by atoms with E-state index in [1.165, 1.54) is 0 Å². The Morgan fingerprint density at radius 3 is 2.38 bits per heavy atom. The van der Waals surface area contributed by atoms with Crippen LogP contribution in [0.5, 0.6) is 0 Å². The van der Waals surface area contributed by atoms with Gasteiger partial charge in [-0.3, -0.25) is 5.43 Å². The van der Waals surface area contributed by atoms with Gasteiger partial charge in [0.2, 0.25) is 0 Å². The summed E-state index contributed by atoms with van der Waals surface area (Å²) in [7, 11) is 0. The van der Waals surface area contributed by atoms with E-state index in [1.807, 2.05) is 32.1 Å². The van der Waals surface area contributed by atoms with Crippen LogP contribution in [-0.2, 0) is 4.74 Å². The molecule has 21 heavy (non-hydrogen) atoms. The van der Waals surface area contributed by atoms with Crippen LogP contribution in [0.15, 0.2) is 24.8 Å². The second-order valence-electron chi connectivity index (χ2n) is 4.80. The topological polar surface area (TPSA) is 61.8 Å². The molecule has 0 fully saturated rings. The first-order valence-corrected chi connectivity index (χ1v) is 7.53. The molecule has 0 radical (unpaired) electrons. The van der Waals surface area contributed by atoms with Gasteiger partial charge in [-0.25, -0.2) is 9.80 Å². The summed E-state index contributed by atoms with van der Waals surface area (Å²) in [5, 5.41) is 11.2. The Morgan fingerprint density at radius 2 is 2.00 bits per heavy atom. The lowest BCUT2D eigenvalue weighted by Gasteiger charge is -2.24. The van der Waals surface area contributed by atoms with E-state index in [0.29, 0.717) is 19.5 Å². The van der Waals surface area contributed by atoms with Gasteiger partial charge in [0.25, 0.3) is 0 Å². The van der Waals surface area contributed by atoms with Gasteiger partial charge in [0.05, 0.1) is 12.2 Å². The van der Waals surface area contributed by atoms with Gasteiger partial charge in [0.15, 0.2) is 0 Å². The predicted molar refractivity (Wildman–Crippen MR) is 87.9 cm³/mol. The highest BCUT2D eigenvalue weighted by molar-refractivity contribution is 5.66. The van der Waals surface area contributed by atoms with Crippen LogP contribution in [-0.4, -0.2) is 41.5 Å². The average molecular weight is 300 g/mol. The zero-order valence-electron chi connectivity index (χ0n) is 14.1. The van der Waals surface area contributed by atoms with Crippen molar-refractivity contribution in [3.63, 3.8) is 0 Å². The van der Waals surface area contributed by atoms with Crippen molar-refractivity contribution in [2.75, 3.05) is 13.1 Å². The van der Waals surface area contributed by atoms with Crippen LogP contribution in [0.25, 0.3) is 0 Å². The fourth-order valence-electron chi connectivity index (χ4n) is 1.15. The monoisotopic (exact) mass is 300 g/mol. The molecule has 0 aromatic heterocycles. The van der Waals surface area contributed by atoms with Crippen molar-refractivity contribution in [3.05, 3.63) is 24.8 Å². The quantitative estimate of drug-likeness (QED) is 0.533. The van der Waals surface area contributed by atoms with Crippen LogP contribution in [0, 0.1) is 0 Å². The van der Waals surface area contributed by atoms with E-state index in [-0.39, 0.29) is 6.10 Å². The molecule has 1 atom stereocenters. The van der Waals surface area contributed by atoms with Gasteiger partial charge in [-0.1, -0.05) is 32.1 Å². The Kier molecular flexibility index (Phi) is 15.8. The lowest BCUT2D eigenvalue weighted by Crippen LogP contribution is -2.46. The van der Waals surface area contributed by atoms with Crippen LogP contribution < -0.4 is 5.43 Å². The highest BCUT2D eigenvalue weighted by Crippen LogP contribution is 1.96. The van der Waals surface area contributed by atoms with Gasteiger partial charge in [-0.2, -0.15) is 0 Å². The van der Waals surface area contributed by atoms with Crippen molar-refractivity contribution >= 4 is 6.09 Å². The van der Waals surface area contributed by atoms with E-state index in [2.05, 4.69) is 18.9 Å². The molecule has 0 aliphatic heterocycles. The van der Waals surface area contributed by atoms with Crippen molar-refractivity contribution < 1.29 is 14.6 Å². The summed E-state index contributed by atoms with van der Waals surface area (Å²) in [6.07, 6.45) is 6.29. The normalized spacial score (nSPS) is 12.0. The molecule has 0 spiro atoms. The van der Waals surface area contributed by atoms with Crippen LogP contribution in [0.4, 0.5) is 4.79 Å². The zero-order chi connectivity index (χ0) is 16.7. The molecule has 5 nitrogen and oxygen atoms in total. The van der Waals surface area contributed by atoms with Gasteiger partial charge in [-0.05, 0) is 33.6 Å². The first-order chi connectivity index (χ1) is 9.90. The van der Waals surface area contributed by atoms with Crippen LogP contribution in [0.2, 0.25) is 0 Å². The first-order valence-electron chi connectivity index (χ1n) is 7.53. The number of carbonyl (C=O) groups excluding carboxylic acids is 1. The minimum atomic E-state index is -0.493. The number of allylic oxidation sites excluding steroid dienone is 2. The third-order valence-corrected chi connectivity index (χ3v) is 2.34. The lowest BCUT2D eigenvalue weighted by atomic mass is 10.3. The SMILES string of the molecule is C/C=C/CN(CC(O)CC)NC(=O)OC(C)C.C=CCC. The zero-order valence-corrected chi connectivity index (χ0v) is 14.1. The van der Waals surface area contributed by atoms with Gasteiger partial charge < -0.3 is 9.84 Å². The second kappa shape index (κ2) is 15.1. The number of hydrogen-bond acceptors (Lipinski definition) is 4. The summed E-state index contributed by atoms with van der Waals surface area (Å²) in [4.78, 5) is 11.4. The summed E-state index contributed by atoms with van der Waals surface area (Å²) >= 11 is 0. The van der Waals surface area contributed by atoms with Crippen molar-refractivity contribution in [3.8, 4) is 0 Å². The van der Waals surface area contributed by atoms with Gasteiger partial charge >= 0.3 is 6.09 Å². The van der Waals surface area contributed by atoms with Crippen LogP contribution >= 0.6 is 0 Å². The van der Waals surface area contributed by atoms with E-state index >= 15 is 0 Å². The Morgan fingerprint density at radius 1 is 1.43 bits per heavy atom. The number of hydrogen-bond donors (Lipinski definition) is 2. The third-order valence-electron chi connectivity index (χ3n) is 2.34. The molecule has 0 saturated heterocycles. The maximum Gasteiger partial charge on any atom is 0.422 e. The van der Waals surface area contributed by atoms with E-state index in [9.17, 15) is 9.90 Å². The number of ether oxygens (including phenoxy) is 1. The summed E-state index contributed by atoms with van der Waals surface area (Å²) in [6, 6.07) is 0. The Labute approximate surface area is 129 Å². The standard InChI is InChI=1S/C12H24N2O3.C4H8/c1-5-7-8-14(9-11(15)6-2)13-12(16)17-10(3)4;1-3-4-2/h5,7,10-11,15H,6,8-9H2,1-4H3,(H,13,16);3H,1,4H2,2H3/b7-5+;. The van der Waals surface area contributed by atoms with Gasteiger partial charge in [0, 0.05) is 13.1 Å². The van der Waals surface area contributed by atoms with Crippen molar-refractivity contribution in [1.82, 2.24) is 10.4 Å². The molecule has 2 N–H and O–H groups in total. The molecule has 0 aromatic carbocycles. The number of nitrogens with zero attached hydrogens (tertiary/aromatic N) is 1. The molecule has 0 aromatic rings. The average Bonchev–Trinajstić information content (AvgIpc) is 2.43. The largest absolute Gasteiger partial charge is 0.446 e. The molecule has 1 unspecified atom stereocenters. The highest BCUT2D eigenvalue weighted by atomic mass is 16.6. The van der Waals surface area contributed by atoms with Gasteiger partial charge in [-0.15, -0.1) is 6.58 Å². The Bertz CT molecular complexity index is 291. The highest BCUT2D eigenvalue weighted by Gasteiger charge is 2.13. The molecular formula is C16H32N2O3. The predicted octanol–water partition coefficient (Wildman–Crippen LogP) is 3.27. The number of rotatable bonds is 8. The number of nitrogens with one attached hydrogen (secondary N) is 1. The number of hydrazine groups is 1. The molecule has 0 aliphatic rings. The summed E-state index contributed by atoms with van der Waals surface area (Å²) in [5.74, 6) is 0. The smallest absolute Gasteiger partial charge is 0.422 e. The summed E-state index contributed by atoms with van der Waals surface area (Å²) < 4.78 is 4.98. The van der Waals surface area contributed by atoms with Gasteiger partial charge in [0.1, 0.15) is 0 Å². The maximum atomic E-state index is 11.4. The van der Waals surface area contributed by atoms with E-state index < -0.39 is 12.2 Å². The summed E-state index contributed by atoms with van der Waals surface area (Å²) in [6.45, 7) is 13.8. The fourth-order valence-corrected chi connectivity index (χ4v) is 1.15. The fraction of sp³-hybridized carbons (Fsp3) is 0.688. The minimum Gasteiger partial charge on any atom is -0.446 e. The van der Waals surface area contributed by atoms with Crippen molar-refractivity contribution in [1.29, 1.82) is 0 Å². The van der Waals surface area contributed by atoms with E-state index in [0.717, 1.165) is 6.42 Å². The van der Waals surface area contributed by atoms with E-state index in [4.69, 9.17) is 4.74 Å². The Balaban J connectivity index is 0. The molecule has 0 saturated carbocycles. The molecule has 0 rings (SSSR count). The Hall–Kier alpha value is -1.33. The van der Waals surface area contributed by atoms with E-state index in [1.54, 1.807) is 18.9 Å². The minimum absolute atomic E-state index is 0.158. The third kappa shape index (κ3) is 16.6. The van der Waals surface area contributed by atoms with Crippen LogP contribution in [0.3, 0.4) is 0 Å². The molecular weight excluding hydrogens is 268 g/mol. The lowest BCUT2D eigenvalue weighted by molar-refractivity contribution is 0.0600. The molecule has 0 aliphatic carbocycles. The number of amides is 1. The second-order valence-corrected chi connectivity index (χ2v) is 4.80. The molecule has 5 heteroatoms. The molecule has 0 heterocycles. The number of carbonyl (C=O) groups is 1. The first kappa shape index (κ1) is 22.0. The van der Waals surface area contributed by atoms with Crippen molar-refractivity contribution in [2.45, 2.75) is 59.7 Å².